The highest BCUT2D eigenvalue weighted by atomic mass is 16.4. The van der Waals surface area contributed by atoms with Crippen molar-refractivity contribution in [2.24, 2.45) is 32.5 Å². The minimum atomic E-state index is -0.755. The molecular weight excluding hydrogens is 1010 g/mol. The van der Waals surface area contributed by atoms with E-state index in [2.05, 4.69) is 0 Å². The number of aliphatic hydroxyl groups is 6. The van der Waals surface area contributed by atoms with Gasteiger partial charge in [0, 0.05) is 0 Å². The van der Waals surface area contributed by atoms with Crippen LogP contribution in [0.2, 0.25) is 0 Å². The summed E-state index contributed by atoms with van der Waals surface area (Å²) in [5.41, 5.74) is -3.97. The molecule has 0 spiro atoms. The molecule has 0 aromatic heterocycles. The smallest absolute Gasteiger partial charge is 0.309 e. The summed E-state index contributed by atoms with van der Waals surface area (Å²) in [6.45, 7) is 10.5. The van der Waals surface area contributed by atoms with Crippen molar-refractivity contribution in [3.05, 3.63) is 72.9 Å². The second-order valence-corrected chi connectivity index (χ2v) is 23.6. The zero-order chi connectivity index (χ0) is 59.4. The molecule has 0 bridgehead atoms. The molecule has 0 heterocycles. The number of carbonyl (C=O) groups is 6. The van der Waals surface area contributed by atoms with Gasteiger partial charge in [0.25, 0.3) is 0 Å². The van der Waals surface area contributed by atoms with Gasteiger partial charge in [-0.05, 0) is 196 Å². The number of allylic oxidation sites excluding steroid dienone is 6. The van der Waals surface area contributed by atoms with Gasteiger partial charge in [0.2, 0.25) is 0 Å². The van der Waals surface area contributed by atoms with Gasteiger partial charge in [0.15, 0.2) is 0 Å². The molecule has 6 rings (SSSR count). The third kappa shape index (κ3) is 26.3. The van der Waals surface area contributed by atoms with Crippen LogP contribution in [0.5, 0.6) is 0 Å². The molecule has 0 saturated heterocycles. The highest BCUT2D eigenvalue weighted by Crippen LogP contribution is 2.37. The fourth-order valence-electron chi connectivity index (χ4n) is 9.34. The largest absolute Gasteiger partial charge is 0.481 e. The first-order chi connectivity index (χ1) is 36.3. The van der Waals surface area contributed by atoms with E-state index >= 15 is 0 Å². The molecule has 0 amide bonds. The summed E-state index contributed by atoms with van der Waals surface area (Å²) in [6, 6.07) is 0. The van der Waals surface area contributed by atoms with Gasteiger partial charge < -0.3 is 61.3 Å². The third-order valence-electron chi connectivity index (χ3n) is 16.4. The van der Waals surface area contributed by atoms with E-state index in [4.69, 9.17) is 30.6 Å². The lowest BCUT2D eigenvalue weighted by molar-refractivity contribution is -0.150. The van der Waals surface area contributed by atoms with Crippen LogP contribution in [0.15, 0.2) is 72.9 Å². The van der Waals surface area contributed by atoms with Crippen LogP contribution < -0.4 is 0 Å². The third-order valence-corrected chi connectivity index (χ3v) is 16.4. The van der Waals surface area contributed by atoms with E-state index in [1.165, 1.54) is 0 Å². The number of carboxylic acid groups (broad SMARTS) is 6. The second kappa shape index (κ2) is 34.2. The van der Waals surface area contributed by atoms with Crippen molar-refractivity contribution in [2.75, 3.05) is 0 Å². The van der Waals surface area contributed by atoms with Gasteiger partial charge >= 0.3 is 35.8 Å². The number of aliphatic carboxylic acids is 6. The molecule has 0 aromatic rings. The molecule has 18 heteroatoms. The Labute approximate surface area is 462 Å². The Balaban J connectivity index is 0.000000468. The molecule has 0 unspecified atom stereocenters. The summed E-state index contributed by atoms with van der Waals surface area (Å²) in [5.74, 6) is -4.53. The average molecular weight is 1110 g/mol. The number of hydrogen-bond donors (Lipinski definition) is 12. The topological polar surface area (TPSA) is 345 Å². The van der Waals surface area contributed by atoms with Crippen LogP contribution >= 0.6 is 0 Å². The molecule has 0 fully saturated rings. The number of carboxylic acids is 6. The van der Waals surface area contributed by atoms with Crippen molar-refractivity contribution >= 4 is 35.8 Å². The predicted octanol–water partition coefficient (Wildman–Crippen LogP) is 9.41. The predicted molar refractivity (Wildman–Crippen MR) is 296 cm³/mol. The summed E-state index contributed by atoms with van der Waals surface area (Å²) in [7, 11) is 0. The molecule has 0 saturated carbocycles. The monoisotopic (exact) mass is 1100 g/mol. The fourth-order valence-corrected chi connectivity index (χ4v) is 9.34. The maximum atomic E-state index is 10.9. The number of hydrogen-bond acceptors (Lipinski definition) is 12. The van der Waals surface area contributed by atoms with Crippen LogP contribution in [-0.4, -0.2) is 134 Å². The first-order valence-corrected chi connectivity index (χ1v) is 27.8. The molecule has 12 N–H and O–H groups in total. The second-order valence-electron chi connectivity index (χ2n) is 23.6. The molecule has 78 heavy (non-hydrogen) atoms. The lowest BCUT2D eigenvalue weighted by Gasteiger charge is -2.26. The maximum Gasteiger partial charge on any atom is 0.309 e. The number of rotatable bonds is 6. The van der Waals surface area contributed by atoms with Crippen molar-refractivity contribution in [1.82, 2.24) is 0 Å². The van der Waals surface area contributed by atoms with E-state index in [1.54, 1.807) is 78.0 Å². The van der Waals surface area contributed by atoms with Crippen LogP contribution in [0.25, 0.3) is 0 Å². The van der Waals surface area contributed by atoms with Gasteiger partial charge in [-0.2, -0.15) is 0 Å². The van der Waals surface area contributed by atoms with Gasteiger partial charge in [0.05, 0.1) is 69.1 Å². The minimum Gasteiger partial charge on any atom is -0.481 e. The van der Waals surface area contributed by atoms with Gasteiger partial charge in [0.1, 0.15) is 0 Å². The molecule has 18 nitrogen and oxygen atoms in total. The van der Waals surface area contributed by atoms with Crippen molar-refractivity contribution in [1.29, 1.82) is 0 Å². The van der Waals surface area contributed by atoms with Crippen molar-refractivity contribution in [3.63, 3.8) is 0 Å². The van der Waals surface area contributed by atoms with Crippen LogP contribution in [0.3, 0.4) is 0 Å². The molecule has 6 aliphatic rings. The molecular formula is C60H96O18. The molecule has 0 aliphatic heterocycles. The summed E-state index contributed by atoms with van der Waals surface area (Å²) in [4.78, 5) is 65.7. The molecule has 0 aromatic carbocycles. The normalized spacial score (nSPS) is 37.5. The van der Waals surface area contributed by atoms with Gasteiger partial charge in [-0.1, -0.05) is 72.9 Å². The molecule has 12 atom stereocenters. The lowest BCUT2D eigenvalue weighted by atomic mass is 9.79. The zero-order valence-electron chi connectivity index (χ0n) is 47.2. The summed E-state index contributed by atoms with van der Waals surface area (Å²) in [6.07, 6.45) is 33.8. The van der Waals surface area contributed by atoms with E-state index < -0.39 is 105 Å². The van der Waals surface area contributed by atoms with Gasteiger partial charge in [-0.3, -0.25) is 28.8 Å². The SMILES string of the molecule is C[C@@]1(C(=O)O)CC/C=C/[C@H](O)CC1.C[C@@]1(C(=O)O)CC/C=C/[C@H](O)CC1.C[C@@]1(C(=O)O)CC/C=C\[C@H](O)CC1.C[C@]1(C(=O)O)CC/C=C/[C@@H](O)CC1.C[C@]1(C(=O)O)CC/C=C/[C@@H](O)CC1.C[C@]1(C(=O)O)CC/C=C\[C@@H](O)CC1. The first kappa shape index (κ1) is 71.0. The van der Waals surface area contributed by atoms with E-state index in [0.717, 1.165) is 38.5 Å². The quantitative estimate of drug-likeness (QED) is 0.110. The maximum absolute atomic E-state index is 10.9. The molecule has 0 radical (unpaired) electrons. The van der Waals surface area contributed by atoms with Crippen LogP contribution in [0, 0.1) is 32.5 Å². The first-order valence-electron chi connectivity index (χ1n) is 27.8. The van der Waals surface area contributed by atoms with Crippen LogP contribution in [-0.2, 0) is 28.8 Å². The van der Waals surface area contributed by atoms with Gasteiger partial charge in [-0.15, -0.1) is 0 Å². The van der Waals surface area contributed by atoms with E-state index in [0.29, 0.717) is 116 Å². The highest BCUT2D eigenvalue weighted by Gasteiger charge is 2.37. The number of aliphatic hydroxyl groups excluding tert-OH is 6. The molecule has 444 valence electrons. The zero-order valence-corrected chi connectivity index (χ0v) is 47.2. The van der Waals surface area contributed by atoms with Crippen molar-refractivity contribution < 1.29 is 90.0 Å². The van der Waals surface area contributed by atoms with Crippen molar-refractivity contribution in [2.45, 2.75) is 232 Å². The molecule has 6 aliphatic carbocycles. The Morgan fingerprint density at radius 1 is 0.256 bits per heavy atom. The summed E-state index contributed by atoms with van der Waals surface area (Å²) >= 11 is 0. The standard InChI is InChI=1S/6C10H16O3/c6*1-10(9(12)13)6-3-2-4-8(11)5-7-10/h6*2,4,8,11H,3,5-7H2,1H3,(H,12,13)/b4*4-2+;2*4-2-/t6*8-,10+/m110010/s1. The Morgan fingerprint density at radius 2 is 0.372 bits per heavy atom. The van der Waals surface area contributed by atoms with Crippen molar-refractivity contribution in [3.8, 4) is 0 Å². The van der Waals surface area contributed by atoms with E-state index in [1.807, 2.05) is 36.5 Å². The summed E-state index contributed by atoms with van der Waals surface area (Å²) < 4.78 is 0. The van der Waals surface area contributed by atoms with E-state index in [-0.39, 0.29) is 0 Å². The van der Waals surface area contributed by atoms with Crippen LogP contribution in [0.4, 0.5) is 0 Å². The Morgan fingerprint density at radius 3 is 0.474 bits per heavy atom. The Bertz CT molecular complexity index is 1710. The highest BCUT2D eigenvalue weighted by molar-refractivity contribution is 5.76. The average Bonchev–Trinajstić information content (AvgIpc) is 3.35. The van der Waals surface area contributed by atoms with Crippen LogP contribution in [0.1, 0.15) is 196 Å². The minimum absolute atomic E-state index is 0.473. The fraction of sp³-hybridized carbons (Fsp3) is 0.700. The van der Waals surface area contributed by atoms with E-state index in [9.17, 15) is 59.4 Å². The lowest BCUT2D eigenvalue weighted by Crippen LogP contribution is -2.29. The Kier molecular flexibility index (Phi) is 31.2. The van der Waals surface area contributed by atoms with Gasteiger partial charge in [-0.25, -0.2) is 0 Å². The Hall–Kier alpha value is -4.98. The summed E-state index contributed by atoms with van der Waals surface area (Å²) in [5, 5.41) is 110.